The molecule has 1 N–H and O–H groups in total. The normalized spacial score (nSPS) is 16.9. The lowest BCUT2D eigenvalue weighted by Crippen LogP contribution is -2.35. The number of carbonyl (C=O) groups excluding carboxylic acids is 2. The Bertz CT molecular complexity index is 773. The van der Waals surface area contributed by atoms with E-state index in [0.29, 0.717) is 18.0 Å². The SMILES string of the molecule is CCOc1ccc(N[C@@H]2CC(=O)N(c3ccccc3OC)C2=O)cc1. The molecule has 1 aliphatic rings. The van der Waals surface area contributed by atoms with E-state index >= 15 is 0 Å². The minimum absolute atomic E-state index is 0.101. The summed E-state index contributed by atoms with van der Waals surface area (Å²) >= 11 is 0. The number of benzene rings is 2. The smallest absolute Gasteiger partial charge is 0.256 e. The standard InChI is InChI=1S/C19H20N2O4/c1-3-25-14-10-8-13(9-11-14)20-15-12-18(22)21(19(15)23)16-6-4-5-7-17(16)24-2/h4-11,15,20H,3,12H2,1-2H3/t15-/m1/s1. The zero-order valence-electron chi connectivity index (χ0n) is 14.2. The maximum atomic E-state index is 12.7. The van der Waals surface area contributed by atoms with Gasteiger partial charge in [0.05, 0.1) is 25.8 Å². The van der Waals surface area contributed by atoms with Gasteiger partial charge in [0.1, 0.15) is 17.5 Å². The Morgan fingerprint density at radius 2 is 1.84 bits per heavy atom. The largest absolute Gasteiger partial charge is 0.495 e. The second-order valence-corrected chi connectivity index (χ2v) is 5.60. The number of para-hydroxylation sites is 2. The number of nitrogens with one attached hydrogen (secondary N) is 1. The van der Waals surface area contributed by atoms with Crippen LogP contribution >= 0.6 is 0 Å². The van der Waals surface area contributed by atoms with Gasteiger partial charge >= 0.3 is 0 Å². The number of rotatable bonds is 6. The van der Waals surface area contributed by atoms with Crippen LogP contribution in [-0.4, -0.2) is 31.6 Å². The number of methoxy groups -OCH3 is 1. The van der Waals surface area contributed by atoms with Gasteiger partial charge in [-0.3, -0.25) is 9.59 Å². The number of hydrogen-bond donors (Lipinski definition) is 1. The van der Waals surface area contributed by atoms with Crippen molar-refractivity contribution in [3.63, 3.8) is 0 Å². The van der Waals surface area contributed by atoms with Crippen molar-refractivity contribution in [3.05, 3.63) is 48.5 Å². The maximum absolute atomic E-state index is 12.7. The quantitative estimate of drug-likeness (QED) is 0.819. The summed E-state index contributed by atoms with van der Waals surface area (Å²) in [7, 11) is 1.51. The van der Waals surface area contributed by atoms with Crippen LogP contribution in [0.5, 0.6) is 11.5 Å². The molecule has 2 aromatic rings. The van der Waals surface area contributed by atoms with Gasteiger partial charge in [0, 0.05) is 5.69 Å². The van der Waals surface area contributed by atoms with E-state index in [4.69, 9.17) is 9.47 Å². The van der Waals surface area contributed by atoms with Crippen LogP contribution in [0.1, 0.15) is 13.3 Å². The lowest BCUT2D eigenvalue weighted by molar-refractivity contribution is -0.121. The molecule has 0 saturated carbocycles. The summed E-state index contributed by atoms with van der Waals surface area (Å²) in [6, 6.07) is 13.7. The van der Waals surface area contributed by atoms with Crippen molar-refractivity contribution in [2.45, 2.75) is 19.4 Å². The fraction of sp³-hybridized carbons (Fsp3) is 0.263. The first-order valence-electron chi connectivity index (χ1n) is 8.13. The molecule has 25 heavy (non-hydrogen) atoms. The molecule has 0 spiro atoms. The molecule has 3 rings (SSSR count). The fourth-order valence-electron chi connectivity index (χ4n) is 2.83. The molecule has 6 nitrogen and oxygen atoms in total. The topological polar surface area (TPSA) is 67.9 Å². The number of carbonyl (C=O) groups is 2. The van der Waals surface area contributed by atoms with Gasteiger partial charge in [-0.05, 0) is 43.3 Å². The number of nitrogens with zero attached hydrogens (tertiary/aromatic N) is 1. The highest BCUT2D eigenvalue weighted by molar-refractivity contribution is 6.23. The molecule has 6 heteroatoms. The molecule has 1 aliphatic heterocycles. The van der Waals surface area contributed by atoms with Gasteiger partial charge in [0.25, 0.3) is 5.91 Å². The van der Waals surface area contributed by atoms with Gasteiger partial charge in [-0.1, -0.05) is 12.1 Å². The van der Waals surface area contributed by atoms with Gasteiger partial charge in [0.2, 0.25) is 5.91 Å². The number of imide groups is 1. The van der Waals surface area contributed by atoms with Crippen molar-refractivity contribution >= 4 is 23.2 Å². The summed E-state index contributed by atoms with van der Waals surface area (Å²) in [5.74, 6) is 0.713. The molecule has 2 amide bonds. The first-order chi connectivity index (χ1) is 12.1. The average molecular weight is 340 g/mol. The Balaban J connectivity index is 1.77. The minimum atomic E-state index is -0.602. The number of hydrogen-bond acceptors (Lipinski definition) is 5. The first-order valence-corrected chi connectivity index (χ1v) is 8.13. The Morgan fingerprint density at radius 3 is 2.52 bits per heavy atom. The van der Waals surface area contributed by atoms with Gasteiger partial charge in [-0.15, -0.1) is 0 Å². The predicted octanol–water partition coefficient (Wildman–Crippen LogP) is 2.84. The Labute approximate surface area is 146 Å². The van der Waals surface area contributed by atoms with E-state index in [9.17, 15) is 9.59 Å². The van der Waals surface area contributed by atoms with Crippen LogP contribution in [0.15, 0.2) is 48.5 Å². The summed E-state index contributed by atoms with van der Waals surface area (Å²) in [4.78, 5) is 26.3. The lowest BCUT2D eigenvalue weighted by atomic mass is 10.2. The molecular weight excluding hydrogens is 320 g/mol. The first kappa shape index (κ1) is 16.8. The summed E-state index contributed by atoms with van der Waals surface area (Å²) in [6.45, 7) is 2.51. The lowest BCUT2D eigenvalue weighted by Gasteiger charge is -2.18. The summed E-state index contributed by atoms with van der Waals surface area (Å²) in [6.07, 6.45) is 0.101. The number of amides is 2. The summed E-state index contributed by atoms with van der Waals surface area (Å²) in [5.41, 5.74) is 1.23. The van der Waals surface area contributed by atoms with E-state index in [1.165, 1.54) is 12.0 Å². The van der Waals surface area contributed by atoms with Gasteiger partial charge in [-0.2, -0.15) is 0 Å². The van der Waals surface area contributed by atoms with Crippen molar-refractivity contribution in [2.24, 2.45) is 0 Å². The van der Waals surface area contributed by atoms with Gasteiger partial charge in [0.15, 0.2) is 0 Å². The van der Waals surface area contributed by atoms with Crippen molar-refractivity contribution in [1.29, 1.82) is 0 Å². The van der Waals surface area contributed by atoms with Crippen LogP contribution in [0, 0.1) is 0 Å². The molecule has 0 bridgehead atoms. The fourth-order valence-corrected chi connectivity index (χ4v) is 2.83. The van der Waals surface area contributed by atoms with Crippen LogP contribution in [0.4, 0.5) is 11.4 Å². The molecule has 2 aromatic carbocycles. The van der Waals surface area contributed by atoms with E-state index in [1.54, 1.807) is 24.3 Å². The Morgan fingerprint density at radius 1 is 1.12 bits per heavy atom. The van der Waals surface area contributed by atoms with Crippen LogP contribution < -0.4 is 19.7 Å². The van der Waals surface area contributed by atoms with E-state index < -0.39 is 6.04 Å². The van der Waals surface area contributed by atoms with Crippen molar-refractivity contribution in [2.75, 3.05) is 23.9 Å². The number of anilines is 2. The summed E-state index contributed by atoms with van der Waals surface area (Å²) in [5, 5.41) is 3.12. The number of ether oxygens (including phenoxy) is 2. The van der Waals surface area contributed by atoms with E-state index in [1.807, 2.05) is 31.2 Å². The highest BCUT2D eigenvalue weighted by Gasteiger charge is 2.40. The molecular formula is C19H20N2O4. The molecule has 0 aromatic heterocycles. The second-order valence-electron chi connectivity index (χ2n) is 5.60. The zero-order valence-corrected chi connectivity index (χ0v) is 14.2. The molecule has 1 fully saturated rings. The van der Waals surface area contributed by atoms with Gasteiger partial charge in [-0.25, -0.2) is 4.90 Å². The van der Waals surface area contributed by atoms with E-state index in [0.717, 1.165) is 11.4 Å². The van der Waals surface area contributed by atoms with Crippen LogP contribution in [0.25, 0.3) is 0 Å². The van der Waals surface area contributed by atoms with Gasteiger partial charge < -0.3 is 14.8 Å². The van der Waals surface area contributed by atoms with Crippen LogP contribution in [0.2, 0.25) is 0 Å². The third-order valence-electron chi connectivity index (χ3n) is 3.98. The molecule has 0 unspecified atom stereocenters. The monoisotopic (exact) mass is 340 g/mol. The third-order valence-corrected chi connectivity index (χ3v) is 3.98. The molecule has 0 aliphatic carbocycles. The van der Waals surface area contributed by atoms with E-state index in [-0.39, 0.29) is 18.2 Å². The zero-order chi connectivity index (χ0) is 17.8. The van der Waals surface area contributed by atoms with E-state index in [2.05, 4.69) is 5.32 Å². The predicted molar refractivity (Wildman–Crippen MR) is 95.1 cm³/mol. The molecule has 130 valence electrons. The van der Waals surface area contributed by atoms with Crippen molar-refractivity contribution in [3.8, 4) is 11.5 Å². The molecule has 1 heterocycles. The molecule has 1 saturated heterocycles. The van der Waals surface area contributed by atoms with Crippen molar-refractivity contribution < 1.29 is 19.1 Å². The Hall–Kier alpha value is -3.02. The Kier molecular flexibility index (Phi) is 4.88. The second kappa shape index (κ2) is 7.25. The minimum Gasteiger partial charge on any atom is -0.495 e. The van der Waals surface area contributed by atoms with Crippen molar-refractivity contribution in [1.82, 2.24) is 0 Å². The molecule has 0 radical (unpaired) electrons. The summed E-state index contributed by atoms with van der Waals surface area (Å²) < 4.78 is 10.7. The molecule has 1 atom stereocenters. The van der Waals surface area contributed by atoms with Crippen LogP contribution in [-0.2, 0) is 9.59 Å². The highest BCUT2D eigenvalue weighted by atomic mass is 16.5. The average Bonchev–Trinajstić information content (AvgIpc) is 2.90. The highest BCUT2D eigenvalue weighted by Crippen LogP contribution is 2.32. The van der Waals surface area contributed by atoms with Crippen LogP contribution in [0.3, 0.4) is 0 Å². The maximum Gasteiger partial charge on any atom is 0.256 e. The third kappa shape index (κ3) is 3.42.